The lowest BCUT2D eigenvalue weighted by Gasteiger charge is -2.09. The molecule has 0 radical (unpaired) electrons. The van der Waals surface area contributed by atoms with Gasteiger partial charge in [-0.25, -0.2) is 13.4 Å². The second-order valence-electron chi connectivity index (χ2n) is 3.66. The normalized spacial score (nSPS) is 11.3. The molecular formula is C11H9BrClN3O2S. The Balaban J connectivity index is 2.36. The van der Waals surface area contributed by atoms with Crippen molar-refractivity contribution in [3.8, 4) is 0 Å². The molecule has 0 spiro atoms. The first-order chi connectivity index (χ1) is 8.88. The topological polar surface area (TPSA) is 85.1 Å². The predicted octanol–water partition coefficient (Wildman–Crippen LogP) is 2.88. The van der Waals surface area contributed by atoms with Gasteiger partial charge >= 0.3 is 0 Å². The van der Waals surface area contributed by atoms with Gasteiger partial charge in [0.15, 0.2) is 5.82 Å². The van der Waals surface area contributed by atoms with E-state index in [2.05, 4.69) is 25.6 Å². The van der Waals surface area contributed by atoms with Crippen LogP contribution in [0.2, 0.25) is 5.02 Å². The zero-order chi connectivity index (χ0) is 14.0. The molecule has 0 unspecified atom stereocenters. The number of pyridine rings is 1. The highest BCUT2D eigenvalue weighted by atomic mass is 79.9. The van der Waals surface area contributed by atoms with Gasteiger partial charge in [-0.15, -0.1) is 0 Å². The molecule has 0 amide bonds. The number of sulfonamides is 1. The van der Waals surface area contributed by atoms with Crippen LogP contribution in [0.4, 0.5) is 11.5 Å². The van der Waals surface area contributed by atoms with Gasteiger partial charge in [-0.05, 0) is 40.2 Å². The Bertz CT molecular complexity index is 722. The molecule has 0 aliphatic carbocycles. The first-order valence-corrected chi connectivity index (χ1v) is 7.73. The van der Waals surface area contributed by atoms with Crippen molar-refractivity contribution in [2.45, 2.75) is 4.90 Å². The highest BCUT2D eigenvalue weighted by Crippen LogP contribution is 2.25. The van der Waals surface area contributed by atoms with Crippen LogP contribution in [0.3, 0.4) is 0 Å². The number of rotatable bonds is 3. The van der Waals surface area contributed by atoms with Gasteiger partial charge < -0.3 is 5.73 Å². The highest BCUT2D eigenvalue weighted by Gasteiger charge is 2.16. The second-order valence-corrected chi connectivity index (χ2v) is 6.64. The van der Waals surface area contributed by atoms with E-state index in [4.69, 9.17) is 17.3 Å². The summed E-state index contributed by atoms with van der Waals surface area (Å²) in [4.78, 5) is 3.98. The summed E-state index contributed by atoms with van der Waals surface area (Å²) in [6.45, 7) is 0. The number of nitrogen functional groups attached to an aromatic ring is 1. The zero-order valence-corrected chi connectivity index (χ0v) is 12.6. The molecule has 8 heteroatoms. The lowest BCUT2D eigenvalue weighted by Crippen LogP contribution is -2.14. The van der Waals surface area contributed by atoms with Crippen LogP contribution in [0.5, 0.6) is 0 Å². The standard InChI is InChI=1S/C11H9BrClN3O2S/c12-10-5-8(14)6-15-11(10)16-19(17,18)9-3-1-2-7(13)4-9/h1-6H,14H2,(H,15,16). The van der Waals surface area contributed by atoms with Gasteiger partial charge in [-0.2, -0.15) is 0 Å². The van der Waals surface area contributed by atoms with E-state index < -0.39 is 10.0 Å². The molecule has 0 bridgehead atoms. The average molecular weight is 363 g/mol. The summed E-state index contributed by atoms with van der Waals surface area (Å²) < 4.78 is 27.1. The van der Waals surface area contributed by atoms with Crippen LogP contribution in [0.1, 0.15) is 0 Å². The average Bonchev–Trinajstić information content (AvgIpc) is 2.33. The minimum absolute atomic E-state index is 0.0607. The number of nitrogens with two attached hydrogens (primary N) is 1. The Morgan fingerprint density at radius 2 is 2.05 bits per heavy atom. The summed E-state index contributed by atoms with van der Waals surface area (Å²) in [5, 5.41) is 0.340. The van der Waals surface area contributed by atoms with Crippen molar-refractivity contribution >= 4 is 49.1 Å². The molecule has 5 nitrogen and oxygen atoms in total. The maximum absolute atomic E-state index is 12.1. The number of halogens is 2. The van der Waals surface area contributed by atoms with E-state index in [0.29, 0.717) is 15.2 Å². The Hall–Kier alpha value is -1.31. The molecular weight excluding hydrogens is 354 g/mol. The summed E-state index contributed by atoms with van der Waals surface area (Å²) >= 11 is 8.96. The van der Waals surface area contributed by atoms with E-state index in [9.17, 15) is 8.42 Å². The smallest absolute Gasteiger partial charge is 0.263 e. The van der Waals surface area contributed by atoms with E-state index in [1.54, 1.807) is 18.2 Å². The van der Waals surface area contributed by atoms with Crippen LogP contribution in [0.25, 0.3) is 0 Å². The van der Waals surface area contributed by atoms with Crippen molar-refractivity contribution in [1.82, 2.24) is 4.98 Å². The molecule has 2 rings (SSSR count). The maximum atomic E-state index is 12.1. The number of nitrogens with one attached hydrogen (secondary N) is 1. The van der Waals surface area contributed by atoms with Crippen molar-refractivity contribution in [3.63, 3.8) is 0 Å². The van der Waals surface area contributed by atoms with E-state index in [1.807, 2.05) is 0 Å². The molecule has 0 aliphatic heterocycles. The van der Waals surface area contributed by atoms with Crippen LogP contribution in [0.15, 0.2) is 45.9 Å². The van der Waals surface area contributed by atoms with E-state index in [-0.39, 0.29) is 10.7 Å². The van der Waals surface area contributed by atoms with Gasteiger partial charge in [-0.3, -0.25) is 4.72 Å². The molecule has 0 fully saturated rings. The Kier molecular flexibility index (Phi) is 3.98. The van der Waals surface area contributed by atoms with Crippen LogP contribution in [-0.2, 0) is 10.0 Å². The number of anilines is 2. The molecule has 1 heterocycles. The summed E-state index contributed by atoms with van der Waals surface area (Å²) in [6.07, 6.45) is 1.36. The number of hydrogen-bond acceptors (Lipinski definition) is 4. The van der Waals surface area contributed by atoms with Gasteiger partial charge in [0, 0.05) is 5.02 Å². The first kappa shape index (κ1) is 14.1. The van der Waals surface area contributed by atoms with Crippen LogP contribution in [-0.4, -0.2) is 13.4 Å². The second kappa shape index (κ2) is 5.36. The number of nitrogens with zero attached hydrogens (tertiary/aromatic N) is 1. The maximum Gasteiger partial charge on any atom is 0.263 e. The van der Waals surface area contributed by atoms with Crippen LogP contribution >= 0.6 is 27.5 Å². The first-order valence-electron chi connectivity index (χ1n) is 5.08. The Morgan fingerprint density at radius 1 is 1.32 bits per heavy atom. The third-order valence-electron chi connectivity index (χ3n) is 2.20. The summed E-state index contributed by atoms with van der Waals surface area (Å²) in [6, 6.07) is 7.51. The monoisotopic (exact) mass is 361 g/mol. The zero-order valence-electron chi connectivity index (χ0n) is 9.47. The van der Waals surface area contributed by atoms with Gasteiger partial charge in [0.1, 0.15) is 0 Å². The van der Waals surface area contributed by atoms with Crippen molar-refractivity contribution in [1.29, 1.82) is 0 Å². The summed E-state index contributed by atoms with van der Waals surface area (Å²) in [5.41, 5.74) is 5.96. The molecule has 0 atom stereocenters. The quantitative estimate of drug-likeness (QED) is 0.879. The summed E-state index contributed by atoms with van der Waals surface area (Å²) in [5.74, 6) is 0.161. The lowest BCUT2D eigenvalue weighted by molar-refractivity contribution is 0.601. The fourth-order valence-electron chi connectivity index (χ4n) is 1.35. The molecule has 2 aromatic rings. The molecule has 3 N–H and O–H groups in total. The Morgan fingerprint density at radius 3 is 2.68 bits per heavy atom. The number of benzene rings is 1. The van der Waals surface area contributed by atoms with Crippen LogP contribution in [0, 0.1) is 0 Å². The predicted molar refractivity (Wildman–Crippen MR) is 78.6 cm³/mol. The van der Waals surface area contributed by atoms with Crippen molar-refractivity contribution in [3.05, 3.63) is 46.0 Å². The lowest BCUT2D eigenvalue weighted by atomic mass is 10.4. The molecule has 0 saturated heterocycles. The Labute approximate surface area is 124 Å². The molecule has 0 saturated carbocycles. The van der Waals surface area contributed by atoms with Crippen molar-refractivity contribution in [2.75, 3.05) is 10.5 Å². The highest BCUT2D eigenvalue weighted by molar-refractivity contribution is 9.10. The summed E-state index contributed by atoms with van der Waals surface area (Å²) in [7, 11) is -3.74. The molecule has 100 valence electrons. The minimum atomic E-state index is -3.74. The van der Waals surface area contributed by atoms with Gasteiger partial charge in [0.05, 0.1) is 21.3 Å². The fourth-order valence-corrected chi connectivity index (χ4v) is 3.28. The van der Waals surface area contributed by atoms with E-state index in [0.717, 1.165) is 0 Å². The van der Waals surface area contributed by atoms with Crippen molar-refractivity contribution < 1.29 is 8.42 Å². The minimum Gasteiger partial charge on any atom is -0.397 e. The van der Waals surface area contributed by atoms with Gasteiger partial charge in [-0.1, -0.05) is 17.7 Å². The third-order valence-corrected chi connectivity index (χ3v) is 4.38. The largest absolute Gasteiger partial charge is 0.397 e. The molecule has 19 heavy (non-hydrogen) atoms. The third kappa shape index (κ3) is 3.37. The number of aromatic nitrogens is 1. The number of hydrogen-bond donors (Lipinski definition) is 2. The van der Waals surface area contributed by atoms with Crippen LogP contribution < -0.4 is 10.5 Å². The van der Waals surface area contributed by atoms with E-state index >= 15 is 0 Å². The molecule has 1 aromatic carbocycles. The van der Waals surface area contributed by atoms with E-state index in [1.165, 1.54) is 18.3 Å². The fraction of sp³-hybridized carbons (Fsp3) is 0. The SMILES string of the molecule is Nc1cnc(NS(=O)(=O)c2cccc(Cl)c2)c(Br)c1. The molecule has 1 aromatic heterocycles. The van der Waals surface area contributed by atoms with Gasteiger partial charge in [0.2, 0.25) is 0 Å². The van der Waals surface area contributed by atoms with Gasteiger partial charge in [0.25, 0.3) is 10.0 Å². The van der Waals surface area contributed by atoms with Crippen molar-refractivity contribution in [2.24, 2.45) is 0 Å². The molecule has 0 aliphatic rings.